The number of allylic oxidation sites excluding steroid dienone is 2. The second-order valence-electron chi connectivity index (χ2n) is 7.67. The zero-order valence-electron chi connectivity index (χ0n) is 13.9. The molecule has 1 fully saturated rings. The molecule has 0 N–H and O–H groups in total. The third-order valence-corrected chi connectivity index (χ3v) is 6.46. The van der Waals surface area contributed by atoms with E-state index in [0.717, 1.165) is 12.8 Å². The van der Waals surface area contributed by atoms with Crippen molar-refractivity contribution >= 4 is 20.0 Å². The lowest BCUT2D eigenvalue weighted by atomic mass is 9.61. The van der Waals surface area contributed by atoms with Gasteiger partial charge < -0.3 is 0 Å². The van der Waals surface area contributed by atoms with E-state index in [1.54, 1.807) is 0 Å². The van der Waals surface area contributed by atoms with Gasteiger partial charge in [-0.1, -0.05) is 91.5 Å². The Morgan fingerprint density at radius 3 is 1.83 bits per heavy atom. The third-order valence-electron chi connectivity index (χ3n) is 6.46. The van der Waals surface area contributed by atoms with Crippen molar-refractivity contribution in [1.29, 1.82) is 0 Å². The van der Waals surface area contributed by atoms with E-state index in [4.69, 9.17) is 7.85 Å². The van der Waals surface area contributed by atoms with Gasteiger partial charge in [-0.05, 0) is 34.1 Å². The van der Waals surface area contributed by atoms with Crippen LogP contribution >= 0.6 is 0 Å². The van der Waals surface area contributed by atoms with Gasteiger partial charge in [-0.25, -0.2) is 0 Å². The number of hydrogen-bond acceptors (Lipinski definition) is 0. The summed E-state index contributed by atoms with van der Waals surface area (Å²) in [6.07, 6.45) is 13.0. The molecule has 3 atom stereocenters. The highest BCUT2D eigenvalue weighted by Gasteiger charge is 2.50. The van der Waals surface area contributed by atoms with Crippen LogP contribution in [0.15, 0.2) is 60.7 Å². The van der Waals surface area contributed by atoms with Crippen LogP contribution in [0.2, 0.25) is 5.82 Å². The molecular weight excluding hydrogens is 287 g/mol. The maximum Gasteiger partial charge on any atom is 0.0699 e. The molecule has 0 aliphatic heterocycles. The minimum Gasteiger partial charge on any atom is -0.0768 e. The second kappa shape index (κ2) is 5.24. The summed E-state index contributed by atoms with van der Waals surface area (Å²) in [5.74, 6) is 1.28. The molecule has 116 valence electrons. The maximum absolute atomic E-state index is 6.44. The highest BCUT2D eigenvalue weighted by Crippen LogP contribution is 2.63. The van der Waals surface area contributed by atoms with Crippen LogP contribution in [0.4, 0.5) is 0 Å². The van der Waals surface area contributed by atoms with Crippen LogP contribution in [0, 0.1) is 5.41 Å². The van der Waals surface area contributed by atoms with Crippen molar-refractivity contribution in [2.45, 2.75) is 36.9 Å². The molecule has 3 unspecified atom stereocenters. The Labute approximate surface area is 145 Å². The predicted octanol–water partition coefficient (Wildman–Crippen LogP) is 5.73. The first-order valence-electron chi connectivity index (χ1n) is 9.08. The van der Waals surface area contributed by atoms with Gasteiger partial charge in [0.25, 0.3) is 0 Å². The summed E-state index contributed by atoms with van der Waals surface area (Å²) in [5.41, 5.74) is 5.97. The lowest BCUT2D eigenvalue weighted by Crippen LogP contribution is -2.30. The van der Waals surface area contributed by atoms with E-state index < -0.39 is 0 Å². The van der Waals surface area contributed by atoms with Crippen molar-refractivity contribution in [2.24, 2.45) is 5.41 Å². The first-order chi connectivity index (χ1) is 11.8. The molecule has 5 rings (SSSR count). The van der Waals surface area contributed by atoms with Crippen LogP contribution in [-0.2, 0) is 0 Å². The van der Waals surface area contributed by atoms with Gasteiger partial charge in [-0.3, -0.25) is 0 Å². The van der Waals surface area contributed by atoms with E-state index in [1.165, 1.54) is 28.7 Å². The Balaban J connectivity index is 1.65. The molecule has 3 aliphatic carbocycles. The third kappa shape index (κ3) is 1.94. The molecule has 1 heteroatoms. The summed E-state index contributed by atoms with van der Waals surface area (Å²) in [6.45, 7) is 0. The summed E-state index contributed by atoms with van der Waals surface area (Å²) in [7, 11) is 6.44. The van der Waals surface area contributed by atoms with Crippen molar-refractivity contribution in [3.05, 3.63) is 82.9 Å². The van der Waals surface area contributed by atoms with Gasteiger partial charge in [0, 0.05) is 11.8 Å². The highest BCUT2D eigenvalue weighted by atomic mass is 14.5. The Kier molecular flexibility index (Phi) is 3.13. The summed E-state index contributed by atoms with van der Waals surface area (Å²) in [6, 6.07) is 17.8. The zero-order chi connectivity index (χ0) is 16.1. The average Bonchev–Trinajstić information content (AvgIpc) is 3.31. The van der Waals surface area contributed by atoms with Gasteiger partial charge >= 0.3 is 0 Å². The molecule has 0 saturated heterocycles. The molecule has 0 nitrogen and oxygen atoms in total. The quantitative estimate of drug-likeness (QED) is 0.621. The fourth-order valence-electron chi connectivity index (χ4n) is 5.41. The summed E-state index contributed by atoms with van der Waals surface area (Å²) >= 11 is 0. The highest BCUT2D eigenvalue weighted by molar-refractivity contribution is 6.11. The Morgan fingerprint density at radius 2 is 1.33 bits per heavy atom. The number of fused-ring (bicyclic) bond motifs is 2. The summed E-state index contributed by atoms with van der Waals surface area (Å²) in [5, 5.41) is 0. The van der Waals surface area contributed by atoms with E-state index in [0.29, 0.717) is 17.7 Å². The number of rotatable bonds is 2. The van der Waals surface area contributed by atoms with Crippen molar-refractivity contribution in [3.63, 3.8) is 0 Å². The minimum atomic E-state index is 0.214. The molecule has 3 aliphatic rings. The smallest absolute Gasteiger partial charge is 0.0699 e. The first-order valence-corrected chi connectivity index (χ1v) is 9.08. The van der Waals surface area contributed by atoms with Crippen LogP contribution in [0.3, 0.4) is 0 Å². The molecule has 0 amide bonds. The van der Waals surface area contributed by atoms with Gasteiger partial charge in [0.15, 0.2) is 0 Å². The van der Waals surface area contributed by atoms with Gasteiger partial charge in [0.05, 0.1) is 7.85 Å². The first kappa shape index (κ1) is 14.3. The lowest BCUT2D eigenvalue weighted by Gasteiger charge is -2.41. The summed E-state index contributed by atoms with van der Waals surface area (Å²) < 4.78 is 0. The molecule has 0 bridgehead atoms. The van der Waals surface area contributed by atoms with Crippen LogP contribution in [0.1, 0.15) is 53.4 Å². The van der Waals surface area contributed by atoms with Crippen LogP contribution < -0.4 is 0 Å². The van der Waals surface area contributed by atoms with E-state index in [2.05, 4.69) is 72.8 Å². The van der Waals surface area contributed by atoms with Gasteiger partial charge in [0.2, 0.25) is 0 Å². The van der Waals surface area contributed by atoms with Crippen LogP contribution in [-0.4, -0.2) is 7.85 Å². The van der Waals surface area contributed by atoms with Crippen molar-refractivity contribution < 1.29 is 0 Å². The van der Waals surface area contributed by atoms with Crippen LogP contribution in [0.5, 0.6) is 0 Å². The molecule has 0 spiro atoms. The Bertz CT molecular complexity index is 783. The molecule has 2 radical (unpaired) electrons. The maximum atomic E-state index is 6.44. The standard InChI is InChI=1S/C23H21B/c24-18-13-14-23(15-18,21-11-9-16-5-1-3-7-19(16)21)22-12-10-17-6-2-4-8-20(17)22/h1-12,18,21-22H,13-15H2. The van der Waals surface area contributed by atoms with Crippen LogP contribution in [0.25, 0.3) is 12.2 Å². The van der Waals surface area contributed by atoms with Gasteiger partial charge in [-0.2, -0.15) is 0 Å². The largest absolute Gasteiger partial charge is 0.0768 e. The van der Waals surface area contributed by atoms with Crippen molar-refractivity contribution in [2.75, 3.05) is 0 Å². The summed E-state index contributed by atoms with van der Waals surface area (Å²) in [4.78, 5) is 0. The molecule has 1 saturated carbocycles. The number of hydrogen-bond donors (Lipinski definition) is 0. The van der Waals surface area contributed by atoms with Gasteiger partial charge in [0.1, 0.15) is 0 Å². The predicted molar refractivity (Wildman–Crippen MR) is 102 cm³/mol. The van der Waals surface area contributed by atoms with E-state index >= 15 is 0 Å². The molecule has 0 heterocycles. The second-order valence-corrected chi connectivity index (χ2v) is 7.67. The average molecular weight is 308 g/mol. The Hall–Kier alpha value is -2.02. The SMILES string of the molecule is [B]C1CCC(C2C=Cc3ccccc32)(C2C=Cc3ccccc32)C1. The molecule has 0 aromatic heterocycles. The van der Waals surface area contributed by atoms with E-state index in [-0.39, 0.29) is 5.41 Å². The normalized spacial score (nSPS) is 32.9. The molecular formula is C23H21B. The lowest BCUT2D eigenvalue weighted by molar-refractivity contribution is 0.233. The number of benzene rings is 2. The monoisotopic (exact) mass is 308 g/mol. The van der Waals surface area contributed by atoms with Crippen molar-refractivity contribution in [1.82, 2.24) is 0 Å². The van der Waals surface area contributed by atoms with Gasteiger partial charge in [-0.15, -0.1) is 0 Å². The minimum absolute atomic E-state index is 0.214. The molecule has 24 heavy (non-hydrogen) atoms. The van der Waals surface area contributed by atoms with E-state index in [9.17, 15) is 0 Å². The fourth-order valence-corrected chi connectivity index (χ4v) is 5.41. The topological polar surface area (TPSA) is 0 Å². The zero-order valence-corrected chi connectivity index (χ0v) is 13.9. The van der Waals surface area contributed by atoms with Crippen molar-refractivity contribution in [3.8, 4) is 0 Å². The Morgan fingerprint density at radius 1 is 0.792 bits per heavy atom. The molecule has 2 aromatic rings. The van der Waals surface area contributed by atoms with E-state index in [1.807, 2.05) is 0 Å². The molecule has 2 aromatic carbocycles. The fraction of sp³-hybridized carbons (Fsp3) is 0.304.